The van der Waals surface area contributed by atoms with Crippen molar-refractivity contribution in [3.05, 3.63) is 11.6 Å². The molecule has 1 saturated carbocycles. The van der Waals surface area contributed by atoms with Gasteiger partial charge in [-0.2, -0.15) is 0 Å². The van der Waals surface area contributed by atoms with Crippen molar-refractivity contribution in [2.75, 3.05) is 0 Å². The maximum absolute atomic E-state index is 11.1. The third-order valence-electron chi connectivity index (χ3n) is 3.06. The average Bonchev–Trinajstić information content (AvgIpc) is 2.33. The molecule has 1 nitrogen and oxygen atoms in total. The average molecular weight is 150 g/mol. The van der Waals surface area contributed by atoms with Crippen LogP contribution >= 0.6 is 0 Å². The van der Waals surface area contributed by atoms with Gasteiger partial charge in [0.25, 0.3) is 0 Å². The zero-order chi connectivity index (χ0) is 7.84. The second kappa shape index (κ2) is 2.47. The molecule has 0 aromatic rings. The molecular formula is C10H14O. The first-order valence-corrected chi connectivity index (χ1v) is 4.51. The zero-order valence-corrected chi connectivity index (χ0v) is 6.97. The van der Waals surface area contributed by atoms with E-state index >= 15 is 0 Å². The molecule has 2 aliphatic rings. The van der Waals surface area contributed by atoms with Gasteiger partial charge in [0.1, 0.15) is 0 Å². The van der Waals surface area contributed by atoms with Gasteiger partial charge in [-0.1, -0.05) is 12.5 Å². The molecule has 0 saturated heterocycles. The highest BCUT2D eigenvalue weighted by Gasteiger charge is 2.30. The molecule has 2 unspecified atom stereocenters. The van der Waals surface area contributed by atoms with E-state index in [1.165, 1.54) is 18.4 Å². The first kappa shape index (κ1) is 7.08. The number of ketones is 1. The summed E-state index contributed by atoms with van der Waals surface area (Å²) < 4.78 is 0. The second-order valence-corrected chi connectivity index (χ2v) is 3.82. The van der Waals surface area contributed by atoms with E-state index in [9.17, 15) is 4.79 Å². The SMILES string of the molecule is CC1CCC2CCC(=O)C=C12. The molecule has 1 heteroatoms. The molecule has 0 aromatic carbocycles. The molecule has 0 heterocycles. The first-order chi connectivity index (χ1) is 5.27. The molecule has 2 atom stereocenters. The Morgan fingerprint density at radius 3 is 3.00 bits per heavy atom. The molecule has 0 amide bonds. The van der Waals surface area contributed by atoms with Crippen molar-refractivity contribution in [2.24, 2.45) is 11.8 Å². The highest BCUT2D eigenvalue weighted by Crippen LogP contribution is 2.40. The van der Waals surface area contributed by atoms with E-state index < -0.39 is 0 Å². The molecule has 2 rings (SSSR count). The Bertz CT molecular complexity index is 215. The fourth-order valence-corrected chi connectivity index (χ4v) is 2.33. The minimum absolute atomic E-state index is 0.352. The van der Waals surface area contributed by atoms with Gasteiger partial charge >= 0.3 is 0 Å². The number of rotatable bonds is 0. The summed E-state index contributed by atoms with van der Waals surface area (Å²) in [5.74, 6) is 1.80. The number of hydrogen-bond donors (Lipinski definition) is 0. The number of fused-ring (bicyclic) bond motifs is 1. The van der Waals surface area contributed by atoms with Gasteiger partial charge in [0.2, 0.25) is 0 Å². The third kappa shape index (κ3) is 1.13. The summed E-state index contributed by atoms with van der Waals surface area (Å²) in [6.45, 7) is 2.24. The van der Waals surface area contributed by atoms with E-state index in [4.69, 9.17) is 0 Å². The highest BCUT2D eigenvalue weighted by atomic mass is 16.1. The molecule has 0 spiro atoms. The van der Waals surface area contributed by atoms with Crippen molar-refractivity contribution >= 4 is 5.78 Å². The smallest absolute Gasteiger partial charge is 0.155 e. The molecule has 0 radical (unpaired) electrons. The maximum atomic E-state index is 11.1. The van der Waals surface area contributed by atoms with Crippen LogP contribution in [-0.2, 0) is 4.79 Å². The summed E-state index contributed by atoms with van der Waals surface area (Å²) in [5.41, 5.74) is 1.45. The Morgan fingerprint density at radius 1 is 1.36 bits per heavy atom. The molecule has 0 N–H and O–H groups in total. The normalized spacial score (nSPS) is 36.8. The molecule has 2 aliphatic carbocycles. The first-order valence-electron chi connectivity index (χ1n) is 4.51. The second-order valence-electron chi connectivity index (χ2n) is 3.82. The molecule has 0 aliphatic heterocycles. The van der Waals surface area contributed by atoms with Crippen LogP contribution in [0.25, 0.3) is 0 Å². The number of allylic oxidation sites excluding steroid dienone is 2. The van der Waals surface area contributed by atoms with E-state index in [1.54, 1.807) is 0 Å². The molecule has 60 valence electrons. The Kier molecular flexibility index (Phi) is 1.59. The Morgan fingerprint density at radius 2 is 2.18 bits per heavy atom. The summed E-state index contributed by atoms with van der Waals surface area (Å²) in [5, 5.41) is 0. The van der Waals surface area contributed by atoms with E-state index in [0.29, 0.717) is 11.7 Å². The third-order valence-corrected chi connectivity index (χ3v) is 3.06. The van der Waals surface area contributed by atoms with Crippen LogP contribution in [0.1, 0.15) is 32.6 Å². The van der Waals surface area contributed by atoms with Gasteiger partial charge in [-0.15, -0.1) is 0 Å². The monoisotopic (exact) mass is 150 g/mol. The van der Waals surface area contributed by atoms with Crippen LogP contribution in [0, 0.1) is 11.8 Å². The van der Waals surface area contributed by atoms with E-state index in [-0.39, 0.29) is 0 Å². The maximum Gasteiger partial charge on any atom is 0.155 e. The van der Waals surface area contributed by atoms with Crippen LogP contribution < -0.4 is 0 Å². The molecule has 0 aromatic heterocycles. The van der Waals surface area contributed by atoms with Crippen LogP contribution in [0.5, 0.6) is 0 Å². The Balaban J connectivity index is 2.27. The summed E-state index contributed by atoms with van der Waals surface area (Å²) in [7, 11) is 0. The lowest BCUT2D eigenvalue weighted by Gasteiger charge is -2.17. The zero-order valence-electron chi connectivity index (χ0n) is 6.97. The lowest BCUT2D eigenvalue weighted by Crippen LogP contribution is -2.11. The predicted octanol–water partition coefficient (Wildman–Crippen LogP) is 2.32. The largest absolute Gasteiger partial charge is 0.295 e. The van der Waals surface area contributed by atoms with Crippen molar-refractivity contribution in [3.63, 3.8) is 0 Å². The summed E-state index contributed by atoms with van der Waals surface area (Å²) in [4.78, 5) is 11.1. The molecular weight excluding hydrogens is 136 g/mol. The van der Waals surface area contributed by atoms with Gasteiger partial charge in [-0.05, 0) is 37.2 Å². The lowest BCUT2D eigenvalue weighted by atomic mass is 9.87. The van der Waals surface area contributed by atoms with Gasteiger partial charge in [0.15, 0.2) is 5.78 Å². The predicted molar refractivity (Wildman–Crippen MR) is 44.2 cm³/mol. The van der Waals surface area contributed by atoms with Crippen LogP contribution in [0.2, 0.25) is 0 Å². The minimum Gasteiger partial charge on any atom is -0.295 e. The summed E-state index contributed by atoms with van der Waals surface area (Å²) in [6.07, 6.45) is 6.44. The van der Waals surface area contributed by atoms with Crippen LogP contribution in [-0.4, -0.2) is 5.78 Å². The van der Waals surface area contributed by atoms with Gasteiger partial charge in [-0.3, -0.25) is 4.79 Å². The number of hydrogen-bond acceptors (Lipinski definition) is 1. The Hall–Kier alpha value is -0.590. The van der Waals surface area contributed by atoms with Crippen LogP contribution in [0.3, 0.4) is 0 Å². The van der Waals surface area contributed by atoms with Crippen molar-refractivity contribution in [3.8, 4) is 0 Å². The van der Waals surface area contributed by atoms with Crippen molar-refractivity contribution < 1.29 is 4.79 Å². The van der Waals surface area contributed by atoms with Crippen LogP contribution in [0.4, 0.5) is 0 Å². The van der Waals surface area contributed by atoms with Gasteiger partial charge in [0, 0.05) is 6.42 Å². The van der Waals surface area contributed by atoms with Gasteiger partial charge in [-0.25, -0.2) is 0 Å². The molecule has 0 bridgehead atoms. The van der Waals surface area contributed by atoms with Gasteiger partial charge in [0.05, 0.1) is 0 Å². The van der Waals surface area contributed by atoms with Crippen molar-refractivity contribution in [1.29, 1.82) is 0 Å². The number of carbonyl (C=O) groups is 1. The van der Waals surface area contributed by atoms with Crippen molar-refractivity contribution in [1.82, 2.24) is 0 Å². The molecule has 11 heavy (non-hydrogen) atoms. The van der Waals surface area contributed by atoms with E-state index in [0.717, 1.165) is 18.8 Å². The van der Waals surface area contributed by atoms with E-state index in [1.807, 2.05) is 6.08 Å². The molecule has 1 fully saturated rings. The lowest BCUT2D eigenvalue weighted by molar-refractivity contribution is -0.115. The fourth-order valence-electron chi connectivity index (χ4n) is 2.33. The standard InChI is InChI=1S/C10H14O/c1-7-2-3-8-4-5-9(11)6-10(7)8/h6-8H,2-5H2,1H3. The Labute approximate surface area is 67.5 Å². The highest BCUT2D eigenvalue weighted by molar-refractivity contribution is 5.91. The minimum atomic E-state index is 0.352. The quantitative estimate of drug-likeness (QED) is 0.518. The van der Waals surface area contributed by atoms with Gasteiger partial charge < -0.3 is 0 Å². The summed E-state index contributed by atoms with van der Waals surface area (Å²) >= 11 is 0. The van der Waals surface area contributed by atoms with E-state index in [2.05, 4.69) is 6.92 Å². The topological polar surface area (TPSA) is 17.1 Å². The summed E-state index contributed by atoms with van der Waals surface area (Å²) in [6, 6.07) is 0. The van der Waals surface area contributed by atoms with Crippen LogP contribution in [0.15, 0.2) is 11.6 Å². The number of carbonyl (C=O) groups excluding carboxylic acids is 1. The fraction of sp³-hybridized carbons (Fsp3) is 0.700. The van der Waals surface area contributed by atoms with Crippen molar-refractivity contribution in [2.45, 2.75) is 32.6 Å².